The Morgan fingerprint density at radius 1 is 1.10 bits per heavy atom. The molecule has 2 N–H and O–H groups in total. The quantitative estimate of drug-likeness (QED) is 0.603. The number of aromatic nitrogens is 1. The smallest absolute Gasteiger partial charge is 0.253 e. The van der Waals surface area contributed by atoms with Crippen molar-refractivity contribution in [3.8, 4) is 11.3 Å². The number of oxazole rings is 1. The van der Waals surface area contributed by atoms with Gasteiger partial charge in [-0.2, -0.15) is 0 Å². The number of nitrogens with zero attached hydrogens (tertiary/aromatic N) is 1. The Morgan fingerprint density at radius 3 is 2.62 bits per heavy atom. The molecule has 6 nitrogen and oxygen atoms in total. The van der Waals surface area contributed by atoms with Gasteiger partial charge >= 0.3 is 0 Å². The van der Waals surface area contributed by atoms with E-state index in [1.54, 1.807) is 42.6 Å². The van der Waals surface area contributed by atoms with E-state index in [1.165, 1.54) is 0 Å². The standard InChI is InChI=1S/C22H20ClN3O3/c23-15-7-5-14(6-8-15)19-13-24-21(29-19)12-11-20(27)26-18-4-2-1-3-17(18)22(28)25-16-9-10-16/h1-8,13,16H,9-12H2,(H,25,28)(H,26,27). The highest BCUT2D eigenvalue weighted by molar-refractivity contribution is 6.30. The summed E-state index contributed by atoms with van der Waals surface area (Å²) < 4.78 is 5.72. The lowest BCUT2D eigenvalue weighted by molar-refractivity contribution is -0.116. The van der Waals surface area contributed by atoms with Crippen LogP contribution in [0.25, 0.3) is 11.3 Å². The third-order valence-corrected chi connectivity index (χ3v) is 4.86. The van der Waals surface area contributed by atoms with Crippen LogP contribution in [0.4, 0.5) is 5.69 Å². The number of rotatable bonds is 7. The van der Waals surface area contributed by atoms with E-state index in [2.05, 4.69) is 15.6 Å². The number of nitrogens with one attached hydrogen (secondary N) is 2. The SMILES string of the molecule is O=C(CCc1ncc(-c2ccc(Cl)cc2)o1)Nc1ccccc1C(=O)NC1CC1. The van der Waals surface area contributed by atoms with Crippen molar-refractivity contribution in [2.75, 3.05) is 5.32 Å². The summed E-state index contributed by atoms with van der Waals surface area (Å²) in [5, 5.41) is 6.41. The molecule has 2 amide bonds. The molecule has 1 aromatic heterocycles. The summed E-state index contributed by atoms with van der Waals surface area (Å²) in [6.45, 7) is 0. The van der Waals surface area contributed by atoms with Crippen LogP contribution in [0, 0.1) is 0 Å². The van der Waals surface area contributed by atoms with E-state index < -0.39 is 0 Å². The molecule has 29 heavy (non-hydrogen) atoms. The number of carbonyl (C=O) groups excluding carboxylic acids is 2. The largest absolute Gasteiger partial charge is 0.441 e. The molecule has 4 rings (SSSR count). The van der Waals surface area contributed by atoms with E-state index in [9.17, 15) is 9.59 Å². The highest BCUT2D eigenvalue weighted by Gasteiger charge is 2.25. The van der Waals surface area contributed by atoms with Gasteiger partial charge < -0.3 is 15.1 Å². The normalized spacial score (nSPS) is 13.1. The Morgan fingerprint density at radius 2 is 1.86 bits per heavy atom. The van der Waals surface area contributed by atoms with Crippen LogP contribution in [0.15, 0.2) is 59.1 Å². The van der Waals surface area contributed by atoms with Gasteiger partial charge in [0.2, 0.25) is 5.91 Å². The fraction of sp³-hybridized carbons (Fsp3) is 0.227. The fourth-order valence-corrected chi connectivity index (χ4v) is 3.01. The average molecular weight is 410 g/mol. The number of halogens is 1. The topological polar surface area (TPSA) is 84.2 Å². The van der Waals surface area contributed by atoms with Crippen LogP contribution in [0.3, 0.4) is 0 Å². The van der Waals surface area contributed by atoms with Gasteiger partial charge in [-0.1, -0.05) is 23.7 Å². The van der Waals surface area contributed by atoms with Crippen LogP contribution in [-0.4, -0.2) is 22.8 Å². The second kappa shape index (κ2) is 8.49. The molecule has 0 saturated heterocycles. The van der Waals surface area contributed by atoms with Crippen molar-refractivity contribution in [1.82, 2.24) is 10.3 Å². The van der Waals surface area contributed by atoms with E-state index >= 15 is 0 Å². The zero-order valence-corrected chi connectivity index (χ0v) is 16.4. The number of amides is 2. The first-order valence-corrected chi connectivity index (χ1v) is 9.86. The summed E-state index contributed by atoms with van der Waals surface area (Å²) in [6, 6.07) is 14.5. The Hall–Kier alpha value is -3.12. The fourth-order valence-electron chi connectivity index (χ4n) is 2.89. The number of anilines is 1. The minimum absolute atomic E-state index is 0.163. The van der Waals surface area contributed by atoms with E-state index in [0.29, 0.717) is 34.3 Å². The van der Waals surface area contributed by atoms with Crippen molar-refractivity contribution in [3.63, 3.8) is 0 Å². The molecule has 7 heteroatoms. The Bertz CT molecular complexity index is 1030. The number of aryl methyl sites for hydroxylation is 1. The first kappa shape index (κ1) is 19.2. The minimum atomic E-state index is -0.206. The maximum absolute atomic E-state index is 12.4. The summed E-state index contributed by atoms with van der Waals surface area (Å²) in [4.78, 5) is 29.0. The Balaban J connectivity index is 1.35. The Labute approximate surface area is 173 Å². The van der Waals surface area contributed by atoms with Crippen LogP contribution in [0.1, 0.15) is 35.5 Å². The molecule has 0 atom stereocenters. The first-order chi connectivity index (χ1) is 14.1. The first-order valence-electron chi connectivity index (χ1n) is 9.49. The van der Waals surface area contributed by atoms with Crippen LogP contribution in [0.2, 0.25) is 5.02 Å². The molecular formula is C22H20ClN3O3. The lowest BCUT2D eigenvalue weighted by Crippen LogP contribution is -2.27. The van der Waals surface area contributed by atoms with Gasteiger partial charge in [0, 0.05) is 29.5 Å². The minimum Gasteiger partial charge on any atom is -0.441 e. The van der Waals surface area contributed by atoms with Crippen LogP contribution in [0.5, 0.6) is 0 Å². The molecule has 2 aromatic carbocycles. The molecule has 0 spiro atoms. The molecule has 148 valence electrons. The number of hydrogen-bond donors (Lipinski definition) is 2. The zero-order chi connectivity index (χ0) is 20.2. The molecule has 0 unspecified atom stereocenters. The summed E-state index contributed by atoms with van der Waals surface area (Å²) >= 11 is 5.90. The summed E-state index contributed by atoms with van der Waals surface area (Å²) in [7, 11) is 0. The third-order valence-electron chi connectivity index (χ3n) is 4.61. The number of benzene rings is 2. The second-order valence-electron chi connectivity index (χ2n) is 6.97. The monoisotopic (exact) mass is 409 g/mol. The third kappa shape index (κ3) is 5.03. The van der Waals surface area contributed by atoms with E-state index in [4.69, 9.17) is 16.0 Å². The van der Waals surface area contributed by atoms with Gasteiger partial charge in [0.25, 0.3) is 5.91 Å². The van der Waals surface area contributed by atoms with Crippen molar-refractivity contribution in [2.45, 2.75) is 31.7 Å². The molecular weight excluding hydrogens is 390 g/mol. The lowest BCUT2D eigenvalue weighted by atomic mass is 10.1. The van der Waals surface area contributed by atoms with E-state index in [0.717, 1.165) is 18.4 Å². The summed E-state index contributed by atoms with van der Waals surface area (Å²) in [5.41, 5.74) is 1.84. The van der Waals surface area contributed by atoms with Gasteiger partial charge in [-0.3, -0.25) is 9.59 Å². The molecule has 1 saturated carbocycles. The van der Waals surface area contributed by atoms with Crippen LogP contribution in [-0.2, 0) is 11.2 Å². The van der Waals surface area contributed by atoms with Crippen LogP contribution >= 0.6 is 11.6 Å². The zero-order valence-electron chi connectivity index (χ0n) is 15.7. The van der Waals surface area contributed by atoms with Crippen molar-refractivity contribution in [1.29, 1.82) is 0 Å². The maximum Gasteiger partial charge on any atom is 0.253 e. The average Bonchev–Trinajstić information content (AvgIpc) is 3.41. The van der Waals surface area contributed by atoms with Crippen molar-refractivity contribution in [3.05, 3.63) is 71.2 Å². The predicted octanol–water partition coefficient (Wildman–Crippen LogP) is 4.46. The highest BCUT2D eigenvalue weighted by atomic mass is 35.5. The predicted molar refractivity (Wildman–Crippen MR) is 111 cm³/mol. The molecule has 3 aromatic rings. The molecule has 1 heterocycles. The molecule has 1 fully saturated rings. The van der Waals surface area contributed by atoms with Gasteiger partial charge in [0.1, 0.15) is 0 Å². The van der Waals surface area contributed by atoms with Crippen LogP contribution < -0.4 is 10.6 Å². The van der Waals surface area contributed by atoms with Crippen molar-refractivity contribution in [2.24, 2.45) is 0 Å². The number of carbonyl (C=O) groups is 2. The number of para-hydroxylation sites is 1. The van der Waals surface area contributed by atoms with Crippen molar-refractivity contribution >= 4 is 29.1 Å². The molecule has 0 aliphatic heterocycles. The van der Waals surface area contributed by atoms with Gasteiger partial charge in [0.05, 0.1) is 17.4 Å². The van der Waals surface area contributed by atoms with E-state index in [-0.39, 0.29) is 24.3 Å². The highest BCUT2D eigenvalue weighted by Crippen LogP contribution is 2.24. The molecule has 1 aliphatic carbocycles. The van der Waals surface area contributed by atoms with Gasteiger partial charge in [-0.25, -0.2) is 4.98 Å². The second-order valence-corrected chi connectivity index (χ2v) is 7.40. The van der Waals surface area contributed by atoms with Gasteiger partial charge in [-0.15, -0.1) is 0 Å². The summed E-state index contributed by atoms with van der Waals surface area (Å²) in [6.07, 6.45) is 4.20. The van der Waals surface area contributed by atoms with Crippen molar-refractivity contribution < 1.29 is 14.0 Å². The summed E-state index contributed by atoms with van der Waals surface area (Å²) in [5.74, 6) is 0.732. The van der Waals surface area contributed by atoms with Gasteiger partial charge in [0.15, 0.2) is 11.7 Å². The number of hydrogen-bond acceptors (Lipinski definition) is 4. The van der Waals surface area contributed by atoms with E-state index in [1.807, 2.05) is 12.1 Å². The molecule has 0 radical (unpaired) electrons. The Kier molecular flexibility index (Phi) is 5.62. The molecule has 1 aliphatic rings. The lowest BCUT2D eigenvalue weighted by Gasteiger charge is -2.10. The molecule has 0 bridgehead atoms. The maximum atomic E-state index is 12.4. The van der Waals surface area contributed by atoms with Gasteiger partial charge in [-0.05, 0) is 49.2 Å².